The molecule has 2 unspecified atom stereocenters. The van der Waals surface area contributed by atoms with Gasteiger partial charge in [-0.2, -0.15) is 0 Å². The Labute approximate surface area is 177 Å². The molecular formula is C18H40CoO6P2. The number of rotatable bonds is 16. The summed E-state index contributed by atoms with van der Waals surface area (Å²) in [5.74, 6) is 0. The average molecular weight is 473 g/mol. The van der Waals surface area contributed by atoms with Crippen molar-refractivity contribution in [1.82, 2.24) is 0 Å². The van der Waals surface area contributed by atoms with E-state index in [2.05, 4.69) is 13.8 Å². The third kappa shape index (κ3) is 26.8. The molecule has 0 aliphatic rings. The average Bonchev–Trinajstić information content (AvgIpc) is 2.60. The van der Waals surface area contributed by atoms with Crippen LogP contribution in [0.25, 0.3) is 0 Å². The van der Waals surface area contributed by atoms with E-state index < -0.39 is 15.2 Å². The van der Waals surface area contributed by atoms with Crippen LogP contribution >= 0.6 is 15.2 Å². The molecule has 0 saturated heterocycles. The van der Waals surface area contributed by atoms with Gasteiger partial charge in [0, 0.05) is 12.3 Å². The maximum absolute atomic E-state index is 11.2. The summed E-state index contributed by atoms with van der Waals surface area (Å²) in [5.41, 5.74) is 0. The zero-order valence-electron chi connectivity index (χ0n) is 17.6. The second kappa shape index (κ2) is 21.5. The van der Waals surface area contributed by atoms with Crippen LogP contribution in [0.5, 0.6) is 0 Å². The normalized spacial score (nSPS) is 15.0. The molecular weight excluding hydrogens is 433 g/mol. The van der Waals surface area contributed by atoms with Gasteiger partial charge in [-0.15, -0.1) is 0 Å². The second-order valence-electron chi connectivity index (χ2n) is 6.46. The van der Waals surface area contributed by atoms with E-state index in [4.69, 9.17) is 9.05 Å². The van der Waals surface area contributed by atoms with E-state index in [1.54, 1.807) is 0 Å². The molecule has 0 N–H and O–H groups in total. The second-order valence-corrected chi connectivity index (χ2v) is 10.3. The van der Waals surface area contributed by atoms with E-state index in [0.717, 1.165) is 51.4 Å². The standard InChI is InChI=1S/2C9H21O3P.Co/c2*1-3-5-7-8-12-13(10,11)9-6-4-2;/h2*3-9H2,1-2H3,(H,10,11);/q;;+2/p-2. The third-order valence-corrected chi connectivity index (χ3v) is 6.52. The summed E-state index contributed by atoms with van der Waals surface area (Å²) in [5, 5.41) is 0. The largest absolute Gasteiger partial charge is 2.00 e. The molecule has 0 fully saturated rings. The fourth-order valence-electron chi connectivity index (χ4n) is 1.94. The molecule has 167 valence electrons. The van der Waals surface area contributed by atoms with Gasteiger partial charge in [0.15, 0.2) is 0 Å². The van der Waals surface area contributed by atoms with E-state index >= 15 is 0 Å². The van der Waals surface area contributed by atoms with Crippen molar-refractivity contribution in [2.24, 2.45) is 0 Å². The van der Waals surface area contributed by atoms with Crippen molar-refractivity contribution in [2.75, 3.05) is 25.5 Å². The first-order valence-electron chi connectivity index (χ1n) is 10.1. The SMILES string of the molecule is CCCCCOP(=O)([O-])CCCC.CCCCCOP(=O)([O-])CCCC.[Co+2]. The molecule has 1 radical (unpaired) electrons. The van der Waals surface area contributed by atoms with Crippen molar-refractivity contribution < 1.29 is 44.7 Å². The molecule has 0 spiro atoms. The molecule has 0 bridgehead atoms. The van der Waals surface area contributed by atoms with Crippen LogP contribution in [0.3, 0.4) is 0 Å². The fourth-order valence-corrected chi connectivity index (χ4v) is 4.42. The Hall–Kier alpha value is 0.806. The first kappa shape index (κ1) is 32.5. The van der Waals surface area contributed by atoms with Gasteiger partial charge in [0.25, 0.3) is 0 Å². The van der Waals surface area contributed by atoms with E-state index in [0.29, 0.717) is 26.1 Å². The van der Waals surface area contributed by atoms with Crippen LogP contribution in [0.15, 0.2) is 0 Å². The molecule has 0 saturated carbocycles. The van der Waals surface area contributed by atoms with E-state index in [9.17, 15) is 18.9 Å². The molecule has 0 rings (SSSR count). The Bertz CT molecular complexity index is 360. The Balaban J connectivity index is -0.000000411. The van der Waals surface area contributed by atoms with Crippen molar-refractivity contribution in [1.29, 1.82) is 0 Å². The minimum atomic E-state index is -3.50. The summed E-state index contributed by atoms with van der Waals surface area (Å²) < 4.78 is 32.0. The zero-order chi connectivity index (χ0) is 20.3. The molecule has 0 aromatic carbocycles. The fraction of sp³-hybridized carbons (Fsp3) is 1.00. The van der Waals surface area contributed by atoms with Gasteiger partial charge in [0.1, 0.15) is 15.2 Å². The van der Waals surface area contributed by atoms with Gasteiger partial charge in [-0.05, 0) is 25.7 Å². The quantitative estimate of drug-likeness (QED) is 0.229. The van der Waals surface area contributed by atoms with E-state index in [1.807, 2.05) is 13.8 Å². The van der Waals surface area contributed by atoms with Gasteiger partial charge < -0.3 is 28.0 Å². The summed E-state index contributed by atoms with van der Waals surface area (Å²) in [6, 6.07) is 0. The van der Waals surface area contributed by atoms with Crippen LogP contribution in [0, 0.1) is 0 Å². The van der Waals surface area contributed by atoms with E-state index in [1.165, 1.54) is 0 Å². The van der Waals surface area contributed by atoms with Crippen molar-refractivity contribution in [3.63, 3.8) is 0 Å². The zero-order valence-corrected chi connectivity index (χ0v) is 20.4. The first-order chi connectivity index (χ1) is 12.2. The minimum absolute atomic E-state index is 0. The summed E-state index contributed by atoms with van der Waals surface area (Å²) in [6.45, 7) is 8.81. The molecule has 6 nitrogen and oxygen atoms in total. The summed E-state index contributed by atoms with van der Waals surface area (Å²) in [7, 11) is -7.00. The number of hydrogen-bond donors (Lipinski definition) is 0. The van der Waals surface area contributed by atoms with Gasteiger partial charge in [-0.1, -0.05) is 66.2 Å². The maximum atomic E-state index is 11.2. The monoisotopic (exact) mass is 473 g/mol. The van der Waals surface area contributed by atoms with Crippen LogP contribution in [0.4, 0.5) is 0 Å². The Morgan fingerprint density at radius 2 is 0.889 bits per heavy atom. The molecule has 0 aromatic rings. The smallest absolute Gasteiger partial charge is 0.778 e. The summed E-state index contributed by atoms with van der Waals surface area (Å²) in [4.78, 5) is 22.3. The van der Waals surface area contributed by atoms with Crippen molar-refractivity contribution in [2.45, 2.75) is 91.9 Å². The maximum Gasteiger partial charge on any atom is 2.00 e. The van der Waals surface area contributed by atoms with Crippen molar-refractivity contribution in [3.05, 3.63) is 0 Å². The first-order valence-corrected chi connectivity index (χ1v) is 13.6. The summed E-state index contributed by atoms with van der Waals surface area (Å²) in [6.07, 6.45) is 9.50. The van der Waals surface area contributed by atoms with Gasteiger partial charge in [-0.25, -0.2) is 0 Å². The topological polar surface area (TPSA) is 98.7 Å². The Morgan fingerprint density at radius 1 is 0.593 bits per heavy atom. The molecule has 27 heavy (non-hydrogen) atoms. The van der Waals surface area contributed by atoms with Crippen molar-refractivity contribution >= 4 is 15.2 Å². The molecule has 0 aliphatic heterocycles. The Kier molecular flexibility index (Phi) is 25.9. The van der Waals surface area contributed by atoms with Crippen molar-refractivity contribution in [3.8, 4) is 0 Å². The predicted molar refractivity (Wildman–Crippen MR) is 106 cm³/mol. The molecule has 2 atom stereocenters. The van der Waals surface area contributed by atoms with Gasteiger partial charge in [-0.3, -0.25) is 0 Å². The van der Waals surface area contributed by atoms with Crippen LogP contribution in [-0.2, 0) is 35.0 Å². The number of unbranched alkanes of at least 4 members (excludes halogenated alkanes) is 6. The minimum Gasteiger partial charge on any atom is -0.778 e. The molecule has 0 aromatic heterocycles. The molecule has 9 heteroatoms. The van der Waals surface area contributed by atoms with Gasteiger partial charge >= 0.3 is 16.8 Å². The third-order valence-electron chi connectivity index (χ3n) is 3.64. The van der Waals surface area contributed by atoms with Crippen LogP contribution in [-0.4, -0.2) is 25.5 Å². The predicted octanol–water partition coefficient (Wildman–Crippen LogP) is 5.09. The van der Waals surface area contributed by atoms with Crippen LogP contribution < -0.4 is 9.79 Å². The number of hydrogen-bond acceptors (Lipinski definition) is 6. The molecule has 0 heterocycles. The summed E-state index contributed by atoms with van der Waals surface area (Å²) >= 11 is 0. The van der Waals surface area contributed by atoms with Gasteiger partial charge in [0.05, 0.1) is 13.2 Å². The molecule has 0 aliphatic carbocycles. The van der Waals surface area contributed by atoms with Crippen LogP contribution in [0.1, 0.15) is 91.9 Å². The Morgan fingerprint density at radius 3 is 1.15 bits per heavy atom. The van der Waals surface area contributed by atoms with Gasteiger partial charge in [0.2, 0.25) is 0 Å². The molecule has 0 amide bonds. The van der Waals surface area contributed by atoms with E-state index in [-0.39, 0.29) is 29.1 Å². The van der Waals surface area contributed by atoms with Crippen LogP contribution in [0.2, 0.25) is 0 Å².